The van der Waals surface area contributed by atoms with Crippen molar-refractivity contribution in [3.8, 4) is 0 Å². The summed E-state index contributed by atoms with van der Waals surface area (Å²) >= 11 is 3.18. The van der Waals surface area contributed by atoms with E-state index in [0.29, 0.717) is 0 Å². The fourth-order valence-electron chi connectivity index (χ4n) is 1.70. The summed E-state index contributed by atoms with van der Waals surface area (Å²) in [6.45, 7) is 3.70. The van der Waals surface area contributed by atoms with E-state index < -0.39 is 41.2 Å². The number of alkyl halides is 1. The largest absolute Gasteiger partial charge is 0.456 e. The summed E-state index contributed by atoms with van der Waals surface area (Å²) < 4.78 is 20.4. The third kappa shape index (κ3) is 4.79. The molecule has 0 N–H and O–H groups in total. The third-order valence-electron chi connectivity index (χ3n) is 2.29. The van der Waals surface area contributed by atoms with E-state index in [2.05, 4.69) is 15.9 Å². The zero-order valence-corrected chi connectivity index (χ0v) is 12.3. The Morgan fingerprint density at radius 1 is 0.947 bits per heavy atom. The number of ether oxygens (including phenoxy) is 4. The second kappa shape index (κ2) is 6.85. The quantitative estimate of drug-likeness (QED) is 0.421. The van der Waals surface area contributed by atoms with Crippen LogP contribution in [0.4, 0.5) is 0 Å². The molecule has 0 aromatic rings. The van der Waals surface area contributed by atoms with Crippen LogP contribution in [-0.4, -0.2) is 47.8 Å². The summed E-state index contributed by atoms with van der Waals surface area (Å²) in [6.07, 6.45) is -2.62. The van der Waals surface area contributed by atoms with Crippen molar-refractivity contribution < 1.29 is 33.3 Å². The number of halogens is 1. The van der Waals surface area contributed by atoms with Crippen LogP contribution >= 0.6 is 15.9 Å². The molecule has 0 amide bonds. The lowest BCUT2D eigenvalue weighted by molar-refractivity contribution is -0.212. The highest BCUT2D eigenvalue weighted by Crippen LogP contribution is 2.27. The molecule has 1 heterocycles. The Kier molecular flexibility index (Phi) is 5.74. The summed E-state index contributed by atoms with van der Waals surface area (Å²) in [5.74, 6) is -1.67. The highest BCUT2D eigenvalue weighted by Gasteiger charge is 2.45. The number of carbonyl (C=O) groups excluding carboxylic acids is 3. The van der Waals surface area contributed by atoms with E-state index >= 15 is 0 Å². The molecule has 19 heavy (non-hydrogen) atoms. The third-order valence-corrected chi connectivity index (χ3v) is 3.08. The van der Waals surface area contributed by atoms with Crippen molar-refractivity contribution in [3.05, 3.63) is 0 Å². The predicted octanol–water partition coefficient (Wildman–Crippen LogP) is 0.533. The molecule has 0 radical (unpaired) electrons. The first-order valence-electron chi connectivity index (χ1n) is 5.58. The van der Waals surface area contributed by atoms with E-state index in [1.165, 1.54) is 20.8 Å². The lowest BCUT2D eigenvalue weighted by Gasteiger charge is -2.38. The molecule has 1 aliphatic rings. The van der Waals surface area contributed by atoms with Crippen molar-refractivity contribution >= 4 is 33.8 Å². The van der Waals surface area contributed by atoms with Crippen LogP contribution in [0.15, 0.2) is 0 Å². The minimum absolute atomic E-state index is 0.0329. The van der Waals surface area contributed by atoms with Gasteiger partial charge in [0, 0.05) is 20.8 Å². The highest BCUT2D eigenvalue weighted by molar-refractivity contribution is 9.09. The van der Waals surface area contributed by atoms with E-state index in [-0.39, 0.29) is 6.61 Å². The Balaban J connectivity index is 2.89. The molecule has 7 nitrogen and oxygen atoms in total. The van der Waals surface area contributed by atoms with Crippen molar-refractivity contribution in [1.29, 1.82) is 0 Å². The van der Waals surface area contributed by atoms with Crippen LogP contribution in [0, 0.1) is 0 Å². The zero-order valence-electron chi connectivity index (χ0n) is 10.8. The van der Waals surface area contributed by atoms with Crippen LogP contribution < -0.4 is 0 Å². The molecule has 0 bridgehead atoms. The molecule has 0 aromatic heterocycles. The average molecular weight is 339 g/mol. The Hall–Kier alpha value is -1.15. The van der Waals surface area contributed by atoms with Gasteiger partial charge in [-0.05, 0) is 0 Å². The number of hydrogen-bond acceptors (Lipinski definition) is 7. The minimum Gasteiger partial charge on any atom is -0.456 e. The van der Waals surface area contributed by atoms with Gasteiger partial charge in [-0.3, -0.25) is 14.4 Å². The SMILES string of the molecule is CC(=O)O[C@@H]1[C@H](OC(C)=O)[C@@H](Br)OC[C@@H]1OC(C)=O. The molecule has 0 unspecified atom stereocenters. The molecule has 8 heteroatoms. The molecular weight excluding hydrogens is 324 g/mol. The Bertz CT molecular complexity index is 370. The summed E-state index contributed by atoms with van der Waals surface area (Å²) in [6, 6.07) is 0. The number of esters is 3. The van der Waals surface area contributed by atoms with Gasteiger partial charge in [0.1, 0.15) is 0 Å². The molecule has 0 aromatic carbocycles. The van der Waals surface area contributed by atoms with Crippen LogP contribution in [0.25, 0.3) is 0 Å². The molecule has 0 aliphatic carbocycles. The number of rotatable bonds is 3. The van der Waals surface area contributed by atoms with Gasteiger partial charge in [0.25, 0.3) is 0 Å². The van der Waals surface area contributed by atoms with Gasteiger partial charge in [-0.15, -0.1) is 0 Å². The highest BCUT2D eigenvalue weighted by atomic mass is 79.9. The van der Waals surface area contributed by atoms with Crippen molar-refractivity contribution in [2.45, 2.75) is 44.1 Å². The average Bonchev–Trinajstić information content (AvgIpc) is 2.25. The van der Waals surface area contributed by atoms with Crippen LogP contribution in [0.2, 0.25) is 0 Å². The molecule has 0 saturated carbocycles. The van der Waals surface area contributed by atoms with Crippen LogP contribution in [0.5, 0.6) is 0 Å². The van der Waals surface area contributed by atoms with E-state index in [0.717, 1.165) is 0 Å². The van der Waals surface area contributed by atoms with Crippen LogP contribution in [0.3, 0.4) is 0 Å². The maximum absolute atomic E-state index is 11.1. The maximum atomic E-state index is 11.1. The van der Waals surface area contributed by atoms with Gasteiger partial charge in [0.05, 0.1) is 6.61 Å². The van der Waals surface area contributed by atoms with Gasteiger partial charge in [-0.25, -0.2) is 0 Å². The number of hydrogen-bond donors (Lipinski definition) is 0. The first-order valence-corrected chi connectivity index (χ1v) is 6.50. The van der Waals surface area contributed by atoms with E-state index in [9.17, 15) is 14.4 Å². The molecular formula is C11H15BrO7. The van der Waals surface area contributed by atoms with Crippen LogP contribution in [-0.2, 0) is 33.3 Å². The standard InChI is InChI=1S/C11H15BrO7/c1-5(13)17-8-4-16-11(12)10(19-7(3)15)9(8)18-6(2)14/h8-11H,4H2,1-3H3/t8-,9-,10-,11-/m0/s1. The van der Waals surface area contributed by atoms with Crippen molar-refractivity contribution in [2.24, 2.45) is 0 Å². The van der Waals surface area contributed by atoms with Gasteiger partial charge in [0.15, 0.2) is 23.3 Å². The van der Waals surface area contributed by atoms with E-state index in [1.807, 2.05) is 0 Å². The maximum Gasteiger partial charge on any atom is 0.303 e. The molecule has 4 atom stereocenters. The second-order valence-corrected chi connectivity index (χ2v) is 4.88. The Labute approximate surface area is 118 Å². The molecule has 1 aliphatic heterocycles. The zero-order chi connectivity index (χ0) is 14.6. The smallest absolute Gasteiger partial charge is 0.303 e. The molecule has 108 valence electrons. The van der Waals surface area contributed by atoms with Gasteiger partial charge in [-0.2, -0.15) is 0 Å². The predicted molar refractivity (Wildman–Crippen MR) is 65.3 cm³/mol. The lowest BCUT2D eigenvalue weighted by Crippen LogP contribution is -2.55. The van der Waals surface area contributed by atoms with Gasteiger partial charge in [0.2, 0.25) is 0 Å². The van der Waals surface area contributed by atoms with Crippen molar-refractivity contribution in [1.82, 2.24) is 0 Å². The van der Waals surface area contributed by atoms with E-state index in [4.69, 9.17) is 18.9 Å². The minimum atomic E-state index is -0.913. The Morgan fingerprint density at radius 3 is 1.89 bits per heavy atom. The molecule has 0 spiro atoms. The van der Waals surface area contributed by atoms with Crippen LogP contribution in [0.1, 0.15) is 20.8 Å². The van der Waals surface area contributed by atoms with Gasteiger partial charge >= 0.3 is 17.9 Å². The summed E-state index contributed by atoms with van der Waals surface area (Å²) in [5, 5.41) is -0.646. The van der Waals surface area contributed by atoms with E-state index in [1.54, 1.807) is 0 Å². The fourth-order valence-corrected chi connectivity index (χ4v) is 2.26. The fraction of sp³-hybridized carbons (Fsp3) is 0.727. The Morgan fingerprint density at radius 2 is 1.42 bits per heavy atom. The topological polar surface area (TPSA) is 88.1 Å². The molecule has 1 fully saturated rings. The first-order chi connectivity index (χ1) is 8.81. The lowest BCUT2D eigenvalue weighted by atomic mass is 10.1. The van der Waals surface area contributed by atoms with Gasteiger partial charge in [-0.1, -0.05) is 15.9 Å². The normalized spacial score (nSPS) is 30.3. The molecule has 1 rings (SSSR count). The number of carbonyl (C=O) groups is 3. The summed E-state index contributed by atoms with van der Waals surface area (Å²) in [4.78, 5) is 33.2. The van der Waals surface area contributed by atoms with Crippen molar-refractivity contribution in [3.63, 3.8) is 0 Å². The monoisotopic (exact) mass is 338 g/mol. The summed E-state index contributed by atoms with van der Waals surface area (Å²) in [5.41, 5.74) is 0. The van der Waals surface area contributed by atoms with Crippen molar-refractivity contribution in [2.75, 3.05) is 6.61 Å². The second-order valence-electron chi connectivity index (χ2n) is 3.98. The summed E-state index contributed by atoms with van der Waals surface area (Å²) in [7, 11) is 0. The van der Waals surface area contributed by atoms with Gasteiger partial charge < -0.3 is 18.9 Å². The first kappa shape index (κ1) is 15.9. The molecule has 1 saturated heterocycles.